The van der Waals surface area contributed by atoms with Gasteiger partial charge in [-0.25, -0.2) is 13.4 Å². The van der Waals surface area contributed by atoms with Gasteiger partial charge in [-0.3, -0.25) is 14.5 Å². The Kier molecular flexibility index (Phi) is 6.11. The smallest absolute Gasteiger partial charge is 0.282 e. The van der Waals surface area contributed by atoms with E-state index in [9.17, 15) is 18.0 Å². The van der Waals surface area contributed by atoms with E-state index in [4.69, 9.17) is 0 Å². The van der Waals surface area contributed by atoms with Crippen LogP contribution in [0.5, 0.6) is 0 Å². The summed E-state index contributed by atoms with van der Waals surface area (Å²) in [6, 6.07) is 7.80. The van der Waals surface area contributed by atoms with E-state index in [0.717, 1.165) is 18.8 Å². The third kappa shape index (κ3) is 4.75. The number of sulfone groups is 1. The molecule has 0 saturated carbocycles. The second-order valence-electron chi connectivity index (χ2n) is 8.72. The molecule has 3 aliphatic rings. The Labute approximate surface area is 197 Å². The van der Waals surface area contributed by atoms with Gasteiger partial charge in [-0.2, -0.15) is 0 Å². The normalized spacial score (nSPS) is 21.6. The van der Waals surface area contributed by atoms with Crippen LogP contribution in [0, 0.1) is 0 Å². The highest BCUT2D eigenvalue weighted by molar-refractivity contribution is 7.91. The molecule has 4 heterocycles. The minimum absolute atomic E-state index is 0.00434. The molecule has 0 aliphatic carbocycles. The zero-order chi connectivity index (χ0) is 23.0. The van der Waals surface area contributed by atoms with E-state index >= 15 is 0 Å². The maximum absolute atomic E-state index is 12.9. The molecule has 0 atom stereocenters. The highest BCUT2D eigenvalue weighted by Crippen LogP contribution is 2.23. The van der Waals surface area contributed by atoms with Gasteiger partial charge in [0.15, 0.2) is 14.8 Å². The Hall–Kier alpha value is -2.50. The molecule has 3 fully saturated rings. The lowest BCUT2D eigenvalue weighted by Gasteiger charge is -2.48. The van der Waals surface area contributed by atoms with Crippen molar-refractivity contribution in [2.24, 2.45) is 0 Å². The number of piperazine rings is 1. The summed E-state index contributed by atoms with van der Waals surface area (Å²) in [5.41, 5.74) is 1.61. The Balaban J connectivity index is 1.09. The molecule has 0 N–H and O–H groups in total. The molecule has 33 heavy (non-hydrogen) atoms. The van der Waals surface area contributed by atoms with E-state index in [1.807, 2.05) is 44.3 Å². The van der Waals surface area contributed by atoms with Gasteiger partial charge in [0.05, 0.1) is 11.5 Å². The van der Waals surface area contributed by atoms with Crippen LogP contribution in [0.15, 0.2) is 35.8 Å². The summed E-state index contributed by atoms with van der Waals surface area (Å²) in [5, 5.41) is 2.36. The van der Waals surface area contributed by atoms with Gasteiger partial charge in [-0.15, -0.1) is 11.3 Å². The second-order valence-corrected chi connectivity index (χ2v) is 11.9. The van der Waals surface area contributed by atoms with Crippen molar-refractivity contribution in [1.29, 1.82) is 0 Å². The summed E-state index contributed by atoms with van der Waals surface area (Å²) in [5.74, 6) is 0.383. The molecule has 5 rings (SSSR count). The van der Waals surface area contributed by atoms with Gasteiger partial charge in [-0.1, -0.05) is 0 Å². The summed E-state index contributed by atoms with van der Waals surface area (Å²) >= 11 is 1.37. The van der Waals surface area contributed by atoms with Crippen molar-refractivity contribution in [3.05, 3.63) is 46.4 Å². The summed E-state index contributed by atoms with van der Waals surface area (Å²) in [6.45, 7) is 5.37. The van der Waals surface area contributed by atoms with E-state index in [1.54, 1.807) is 6.20 Å². The van der Waals surface area contributed by atoms with Crippen molar-refractivity contribution in [2.75, 3.05) is 68.8 Å². The van der Waals surface area contributed by atoms with Crippen molar-refractivity contribution in [1.82, 2.24) is 19.7 Å². The molecular formula is C22H27N5O4S2. The van der Waals surface area contributed by atoms with E-state index in [0.29, 0.717) is 55.9 Å². The molecule has 1 aromatic heterocycles. The highest BCUT2D eigenvalue weighted by atomic mass is 32.2. The maximum Gasteiger partial charge on any atom is 0.282 e. The number of nitrogens with zero attached hydrogens (tertiary/aromatic N) is 5. The van der Waals surface area contributed by atoms with E-state index in [-0.39, 0.29) is 23.3 Å². The fraction of sp³-hybridized carbons (Fsp3) is 0.500. The predicted octanol–water partition coefficient (Wildman–Crippen LogP) is 0.660. The molecule has 2 aromatic rings. The molecule has 3 aliphatic heterocycles. The van der Waals surface area contributed by atoms with Gasteiger partial charge < -0.3 is 14.7 Å². The van der Waals surface area contributed by atoms with E-state index < -0.39 is 9.84 Å². The molecular weight excluding hydrogens is 462 g/mol. The average molecular weight is 490 g/mol. The van der Waals surface area contributed by atoms with Crippen LogP contribution in [0.1, 0.15) is 20.2 Å². The molecule has 2 amide bonds. The number of anilines is 1. The van der Waals surface area contributed by atoms with Gasteiger partial charge in [0.2, 0.25) is 0 Å². The van der Waals surface area contributed by atoms with Crippen molar-refractivity contribution < 1.29 is 18.0 Å². The molecule has 9 nitrogen and oxygen atoms in total. The largest absolute Gasteiger partial charge is 0.369 e. The minimum Gasteiger partial charge on any atom is -0.369 e. The average Bonchev–Trinajstić information content (AvgIpc) is 3.33. The lowest BCUT2D eigenvalue weighted by Crippen LogP contribution is -2.64. The third-order valence-electron chi connectivity index (χ3n) is 6.71. The molecule has 0 bridgehead atoms. The Morgan fingerprint density at radius 1 is 0.879 bits per heavy atom. The first-order valence-corrected chi connectivity index (χ1v) is 13.9. The number of aromatic nitrogens is 1. The van der Waals surface area contributed by atoms with Crippen LogP contribution in [0.4, 0.5) is 5.69 Å². The number of carbonyl (C=O) groups is 2. The third-order valence-corrected chi connectivity index (χ3v) is 9.08. The number of amides is 2. The Morgan fingerprint density at radius 2 is 1.55 bits per heavy atom. The van der Waals surface area contributed by atoms with Gasteiger partial charge in [0.1, 0.15) is 0 Å². The maximum atomic E-state index is 12.9. The topological polar surface area (TPSA) is 94.1 Å². The lowest BCUT2D eigenvalue weighted by atomic mass is 10.0. The Morgan fingerprint density at radius 3 is 2.15 bits per heavy atom. The number of rotatable bonds is 4. The van der Waals surface area contributed by atoms with Crippen molar-refractivity contribution in [2.45, 2.75) is 6.04 Å². The molecule has 0 spiro atoms. The molecule has 1 aromatic carbocycles. The zero-order valence-electron chi connectivity index (χ0n) is 18.3. The number of hydrogen-bond acceptors (Lipinski definition) is 8. The number of hydrogen-bond donors (Lipinski definition) is 0. The molecule has 11 heteroatoms. The van der Waals surface area contributed by atoms with Crippen LogP contribution >= 0.6 is 11.3 Å². The Bertz CT molecular complexity index is 1090. The van der Waals surface area contributed by atoms with Crippen LogP contribution in [-0.2, 0) is 9.84 Å². The number of thiazole rings is 1. The summed E-state index contributed by atoms with van der Waals surface area (Å²) < 4.78 is 23.2. The SMILES string of the molecule is O=C(c1ccc(N2CCS(=O)(=O)CC2)cc1)N1CC(N2CCN(C(=O)c3nccs3)CC2)C1. The molecule has 0 radical (unpaired) electrons. The molecule has 3 saturated heterocycles. The van der Waals surface area contributed by atoms with E-state index in [2.05, 4.69) is 9.88 Å². The lowest BCUT2D eigenvalue weighted by molar-refractivity contribution is 0.00853. The van der Waals surface area contributed by atoms with Crippen LogP contribution in [0.2, 0.25) is 0 Å². The quantitative estimate of drug-likeness (QED) is 0.623. The van der Waals surface area contributed by atoms with Crippen LogP contribution in [0.3, 0.4) is 0 Å². The monoisotopic (exact) mass is 489 g/mol. The van der Waals surface area contributed by atoms with Gasteiger partial charge in [0.25, 0.3) is 11.8 Å². The summed E-state index contributed by atoms with van der Waals surface area (Å²) in [7, 11) is -2.91. The zero-order valence-corrected chi connectivity index (χ0v) is 19.9. The van der Waals surface area contributed by atoms with Crippen LogP contribution in [-0.4, -0.2) is 110 Å². The fourth-order valence-electron chi connectivity index (χ4n) is 4.57. The van der Waals surface area contributed by atoms with Gasteiger partial charge in [0, 0.05) is 81.2 Å². The number of likely N-dealkylation sites (tertiary alicyclic amines) is 1. The van der Waals surface area contributed by atoms with Crippen LogP contribution in [0.25, 0.3) is 0 Å². The fourth-order valence-corrected chi connectivity index (χ4v) is 6.38. The van der Waals surface area contributed by atoms with Gasteiger partial charge >= 0.3 is 0 Å². The standard InChI is InChI=1S/C22H27N5O4S2/c28-21(17-1-3-18(4-2-17)25-10-13-33(30,31)14-11-25)27-15-19(16-27)24-6-8-26(9-7-24)22(29)20-23-5-12-32-20/h1-5,12,19H,6-11,13-16H2. The highest BCUT2D eigenvalue weighted by Gasteiger charge is 2.37. The van der Waals surface area contributed by atoms with Crippen molar-refractivity contribution in [3.63, 3.8) is 0 Å². The first-order valence-electron chi connectivity index (χ1n) is 11.2. The number of benzene rings is 1. The second kappa shape index (κ2) is 9.03. The first kappa shape index (κ1) is 22.3. The minimum atomic E-state index is -2.91. The summed E-state index contributed by atoms with van der Waals surface area (Å²) in [4.78, 5) is 37.5. The predicted molar refractivity (Wildman–Crippen MR) is 127 cm³/mol. The number of carbonyl (C=O) groups excluding carboxylic acids is 2. The van der Waals surface area contributed by atoms with E-state index in [1.165, 1.54) is 11.3 Å². The van der Waals surface area contributed by atoms with Crippen molar-refractivity contribution >= 4 is 38.7 Å². The molecule has 0 unspecified atom stereocenters. The molecule has 176 valence electrons. The van der Waals surface area contributed by atoms with Gasteiger partial charge in [-0.05, 0) is 24.3 Å². The van der Waals surface area contributed by atoms with Crippen LogP contribution < -0.4 is 4.90 Å². The summed E-state index contributed by atoms with van der Waals surface area (Å²) in [6.07, 6.45) is 1.65. The first-order chi connectivity index (χ1) is 15.9. The van der Waals surface area contributed by atoms with Crippen molar-refractivity contribution in [3.8, 4) is 0 Å².